The van der Waals surface area contributed by atoms with Crippen molar-refractivity contribution in [2.45, 2.75) is 44.6 Å². The number of carbonyl (C=O) groups excluding carboxylic acids is 2. The number of benzene rings is 1. The summed E-state index contributed by atoms with van der Waals surface area (Å²) in [7, 11) is 0. The Kier molecular flexibility index (Phi) is 6.90. The molecule has 1 aliphatic carbocycles. The van der Waals surface area contributed by atoms with Gasteiger partial charge in [-0.3, -0.25) is 9.59 Å². The third-order valence-electron chi connectivity index (χ3n) is 5.88. The van der Waals surface area contributed by atoms with E-state index in [4.69, 9.17) is 9.15 Å². The van der Waals surface area contributed by atoms with Crippen LogP contribution in [0.2, 0.25) is 0 Å². The van der Waals surface area contributed by atoms with E-state index < -0.39 is 18.5 Å². The molecule has 1 amide bonds. The lowest BCUT2D eigenvalue weighted by atomic mass is 10.1. The second kappa shape index (κ2) is 10.0. The summed E-state index contributed by atoms with van der Waals surface area (Å²) in [5.41, 5.74) is 4.75. The van der Waals surface area contributed by atoms with Gasteiger partial charge in [0, 0.05) is 10.6 Å². The summed E-state index contributed by atoms with van der Waals surface area (Å²) in [5.74, 6) is 0.235. The van der Waals surface area contributed by atoms with Gasteiger partial charge in [0.25, 0.3) is 5.91 Å². The Morgan fingerprint density at radius 2 is 2.06 bits per heavy atom. The van der Waals surface area contributed by atoms with E-state index in [9.17, 15) is 14.9 Å². The SMILES string of the molecule is Cc1c(C#N)c(NC(=O)COC(=O)CSc2ccc3c(c2)CCC3)n(Cc2ccco2)c1C. The topological polar surface area (TPSA) is 97.3 Å². The first kappa shape index (κ1) is 22.7. The largest absolute Gasteiger partial charge is 0.467 e. The zero-order chi connectivity index (χ0) is 23.4. The highest BCUT2D eigenvalue weighted by Gasteiger charge is 2.21. The van der Waals surface area contributed by atoms with Crippen LogP contribution in [0, 0.1) is 25.2 Å². The van der Waals surface area contributed by atoms with Crippen LogP contribution < -0.4 is 5.32 Å². The van der Waals surface area contributed by atoms with Gasteiger partial charge in [-0.15, -0.1) is 11.8 Å². The Labute approximate surface area is 196 Å². The number of anilines is 1. The zero-order valence-electron chi connectivity index (χ0n) is 18.6. The lowest BCUT2D eigenvalue weighted by Crippen LogP contribution is -2.23. The van der Waals surface area contributed by atoms with Crippen molar-refractivity contribution in [3.63, 3.8) is 0 Å². The number of nitrogens with one attached hydrogen (secondary N) is 1. The summed E-state index contributed by atoms with van der Waals surface area (Å²) < 4.78 is 12.4. The summed E-state index contributed by atoms with van der Waals surface area (Å²) in [6.45, 7) is 3.66. The fourth-order valence-electron chi connectivity index (χ4n) is 4.02. The Bertz CT molecular complexity index is 1220. The maximum absolute atomic E-state index is 12.5. The number of furan rings is 1. The minimum atomic E-state index is -0.499. The molecule has 0 fully saturated rings. The Hall–Kier alpha value is -3.44. The number of nitrogens with zero attached hydrogens (tertiary/aromatic N) is 2. The molecule has 1 aliphatic rings. The van der Waals surface area contributed by atoms with Crippen LogP contribution in [0.15, 0.2) is 45.9 Å². The molecule has 7 nitrogen and oxygen atoms in total. The molecule has 2 heterocycles. The average Bonchev–Trinajstić information content (AvgIpc) is 3.54. The van der Waals surface area contributed by atoms with Gasteiger partial charge in [0.15, 0.2) is 6.61 Å². The molecule has 0 saturated carbocycles. The standard InChI is InChI=1S/C25H25N3O4S/c1-16-17(2)28(13-20-7-4-10-31-20)25(22(16)12-26)27-23(29)14-32-24(30)15-33-21-9-8-18-5-3-6-19(18)11-21/h4,7-11H,3,5-6,13-15H2,1-2H3,(H,27,29). The van der Waals surface area contributed by atoms with E-state index in [1.807, 2.05) is 30.5 Å². The average molecular weight is 464 g/mol. The first-order valence-corrected chi connectivity index (χ1v) is 11.8. The minimum absolute atomic E-state index is 0.128. The lowest BCUT2D eigenvalue weighted by Gasteiger charge is -2.12. The molecule has 0 spiro atoms. The van der Waals surface area contributed by atoms with Crippen molar-refractivity contribution < 1.29 is 18.7 Å². The molecule has 0 unspecified atom stereocenters. The number of esters is 1. The van der Waals surface area contributed by atoms with E-state index in [-0.39, 0.29) is 5.75 Å². The molecule has 3 aromatic rings. The van der Waals surface area contributed by atoms with Crippen molar-refractivity contribution in [3.05, 3.63) is 70.3 Å². The highest BCUT2D eigenvalue weighted by molar-refractivity contribution is 8.00. The van der Waals surface area contributed by atoms with Gasteiger partial charge >= 0.3 is 5.97 Å². The lowest BCUT2D eigenvalue weighted by molar-refractivity contribution is -0.144. The van der Waals surface area contributed by atoms with Crippen LogP contribution in [-0.4, -0.2) is 28.8 Å². The van der Waals surface area contributed by atoms with E-state index in [0.29, 0.717) is 23.7 Å². The van der Waals surface area contributed by atoms with Crippen LogP contribution in [0.3, 0.4) is 0 Å². The van der Waals surface area contributed by atoms with Crippen molar-refractivity contribution in [1.29, 1.82) is 5.26 Å². The number of nitriles is 1. The highest BCUT2D eigenvalue weighted by Crippen LogP contribution is 2.28. The highest BCUT2D eigenvalue weighted by atomic mass is 32.2. The second-order valence-corrected chi connectivity index (χ2v) is 9.04. The first-order valence-electron chi connectivity index (χ1n) is 10.8. The molecule has 1 N–H and O–H groups in total. The molecule has 8 heteroatoms. The monoisotopic (exact) mass is 463 g/mol. The summed E-state index contributed by atoms with van der Waals surface area (Å²) >= 11 is 1.40. The van der Waals surface area contributed by atoms with Gasteiger partial charge in [-0.25, -0.2) is 0 Å². The smallest absolute Gasteiger partial charge is 0.316 e. The van der Waals surface area contributed by atoms with Crippen LogP contribution in [-0.2, 0) is 33.7 Å². The predicted octanol–water partition coefficient (Wildman–Crippen LogP) is 4.38. The molecule has 0 bridgehead atoms. The van der Waals surface area contributed by atoms with E-state index in [1.165, 1.54) is 29.3 Å². The summed E-state index contributed by atoms with van der Waals surface area (Å²) in [6.07, 6.45) is 4.96. The van der Waals surface area contributed by atoms with Gasteiger partial charge in [-0.2, -0.15) is 5.26 Å². The summed E-state index contributed by atoms with van der Waals surface area (Å²) in [5, 5.41) is 12.3. The minimum Gasteiger partial charge on any atom is -0.467 e. The first-order chi connectivity index (χ1) is 16.0. The number of fused-ring (bicyclic) bond motifs is 1. The van der Waals surface area contributed by atoms with Gasteiger partial charge in [0.1, 0.15) is 17.6 Å². The fraction of sp³-hybridized carbons (Fsp3) is 0.320. The maximum Gasteiger partial charge on any atom is 0.316 e. The number of carbonyl (C=O) groups is 2. The molecule has 33 heavy (non-hydrogen) atoms. The molecule has 2 aromatic heterocycles. The number of rotatable bonds is 8. The van der Waals surface area contributed by atoms with E-state index in [2.05, 4.69) is 23.5 Å². The Morgan fingerprint density at radius 3 is 2.82 bits per heavy atom. The molecule has 4 rings (SSSR count). The van der Waals surface area contributed by atoms with Crippen molar-refractivity contribution >= 4 is 29.5 Å². The fourth-order valence-corrected chi connectivity index (χ4v) is 4.78. The normalized spacial score (nSPS) is 12.3. The molecule has 0 aliphatic heterocycles. The molecule has 0 saturated heterocycles. The zero-order valence-corrected chi connectivity index (χ0v) is 19.5. The second-order valence-electron chi connectivity index (χ2n) is 7.99. The number of hydrogen-bond donors (Lipinski definition) is 1. The molecule has 0 radical (unpaired) electrons. The molecule has 170 valence electrons. The van der Waals surface area contributed by atoms with Gasteiger partial charge in [-0.05, 0) is 74.1 Å². The molecule has 1 aromatic carbocycles. The van der Waals surface area contributed by atoms with Crippen LogP contribution in [0.4, 0.5) is 5.82 Å². The Morgan fingerprint density at radius 1 is 1.24 bits per heavy atom. The quantitative estimate of drug-likeness (QED) is 0.393. The molecular formula is C25H25N3O4S. The third-order valence-corrected chi connectivity index (χ3v) is 6.85. The van der Waals surface area contributed by atoms with Crippen LogP contribution in [0.5, 0.6) is 0 Å². The van der Waals surface area contributed by atoms with Crippen molar-refractivity contribution in [2.24, 2.45) is 0 Å². The molecular weight excluding hydrogens is 438 g/mol. The van der Waals surface area contributed by atoms with Crippen LogP contribution in [0.25, 0.3) is 0 Å². The van der Waals surface area contributed by atoms with Gasteiger partial charge < -0.3 is 19.0 Å². The van der Waals surface area contributed by atoms with E-state index >= 15 is 0 Å². The van der Waals surface area contributed by atoms with Crippen LogP contribution in [0.1, 0.15) is 40.1 Å². The van der Waals surface area contributed by atoms with Crippen molar-refractivity contribution in [3.8, 4) is 6.07 Å². The maximum atomic E-state index is 12.5. The van der Waals surface area contributed by atoms with E-state index in [0.717, 1.165) is 29.0 Å². The third kappa shape index (κ3) is 5.15. The predicted molar refractivity (Wildman–Crippen MR) is 125 cm³/mol. The van der Waals surface area contributed by atoms with Gasteiger partial charge in [0.05, 0.1) is 24.1 Å². The number of thioether (sulfide) groups is 1. The number of ether oxygens (including phenoxy) is 1. The van der Waals surface area contributed by atoms with Crippen LogP contribution >= 0.6 is 11.8 Å². The molecule has 0 atom stereocenters. The number of aromatic nitrogens is 1. The summed E-state index contributed by atoms with van der Waals surface area (Å²) in [4.78, 5) is 25.7. The van der Waals surface area contributed by atoms with Crippen molar-refractivity contribution in [1.82, 2.24) is 4.57 Å². The van der Waals surface area contributed by atoms with Crippen molar-refractivity contribution in [2.75, 3.05) is 17.7 Å². The van der Waals surface area contributed by atoms with Gasteiger partial charge in [0.2, 0.25) is 0 Å². The number of amides is 1. The Balaban J connectivity index is 1.34. The van der Waals surface area contributed by atoms with E-state index in [1.54, 1.807) is 12.3 Å². The number of aryl methyl sites for hydroxylation is 2. The number of hydrogen-bond acceptors (Lipinski definition) is 6. The van der Waals surface area contributed by atoms with Gasteiger partial charge in [-0.1, -0.05) is 6.07 Å². The summed E-state index contributed by atoms with van der Waals surface area (Å²) in [6, 6.07) is 12.0.